The number of aromatic nitrogens is 1. The maximum atomic E-state index is 5.51. The second-order valence-corrected chi connectivity index (χ2v) is 3.27. The van der Waals surface area contributed by atoms with E-state index in [9.17, 15) is 0 Å². The first kappa shape index (κ1) is 9.99. The van der Waals surface area contributed by atoms with E-state index in [-0.39, 0.29) is 0 Å². The number of nitrogens with one attached hydrogen (secondary N) is 1. The Morgan fingerprint density at radius 2 is 2.38 bits per heavy atom. The zero-order chi connectivity index (χ0) is 9.52. The van der Waals surface area contributed by atoms with Crippen LogP contribution in [-0.2, 0) is 0 Å². The molecule has 3 nitrogen and oxygen atoms in total. The van der Waals surface area contributed by atoms with Crippen molar-refractivity contribution in [2.75, 3.05) is 18.4 Å². The van der Waals surface area contributed by atoms with Crippen molar-refractivity contribution in [3.05, 3.63) is 24.4 Å². The van der Waals surface area contributed by atoms with Gasteiger partial charge in [0.25, 0.3) is 0 Å². The van der Waals surface area contributed by atoms with Crippen molar-refractivity contribution in [3.8, 4) is 0 Å². The third kappa shape index (κ3) is 3.90. The van der Waals surface area contributed by atoms with Crippen molar-refractivity contribution in [1.82, 2.24) is 4.98 Å². The molecule has 0 radical (unpaired) electrons. The normalized spacial score (nSPS) is 12.5. The molecule has 1 heterocycles. The molecule has 0 saturated heterocycles. The highest BCUT2D eigenvalue weighted by atomic mass is 15.0. The largest absolute Gasteiger partial charge is 0.370 e. The topological polar surface area (TPSA) is 50.9 Å². The molecule has 72 valence electrons. The lowest BCUT2D eigenvalue weighted by Crippen LogP contribution is -2.15. The molecule has 1 aromatic heterocycles. The molecule has 1 unspecified atom stereocenters. The second kappa shape index (κ2) is 5.54. The van der Waals surface area contributed by atoms with Crippen LogP contribution >= 0.6 is 0 Å². The SMILES string of the molecule is CC(CN)CCNc1ccccn1. The highest BCUT2D eigenvalue weighted by molar-refractivity contribution is 5.32. The van der Waals surface area contributed by atoms with E-state index < -0.39 is 0 Å². The third-order valence-corrected chi connectivity index (χ3v) is 2.01. The summed E-state index contributed by atoms with van der Waals surface area (Å²) in [7, 11) is 0. The maximum absolute atomic E-state index is 5.51. The first-order valence-corrected chi connectivity index (χ1v) is 4.68. The Hall–Kier alpha value is -1.09. The molecule has 0 aliphatic carbocycles. The maximum Gasteiger partial charge on any atom is 0.125 e. The van der Waals surface area contributed by atoms with Gasteiger partial charge in [-0.3, -0.25) is 0 Å². The molecule has 0 spiro atoms. The van der Waals surface area contributed by atoms with Crippen LogP contribution in [0, 0.1) is 5.92 Å². The molecule has 0 aliphatic rings. The number of pyridine rings is 1. The molecule has 3 heteroatoms. The molecular formula is C10H17N3. The molecule has 0 saturated carbocycles. The minimum absolute atomic E-state index is 0.580. The Kier molecular flexibility index (Phi) is 4.26. The molecular weight excluding hydrogens is 162 g/mol. The molecule has 0 amide bonds. The summed E-state index contributed by atoms with van der Waals surface area (Å²) in [6.07, 6.45) is 2.88. The smallest absolute Gasteiger partial charge is 0.125 e. The Morgan fingerprint density at radius 3 is 3.00 bits per heavy atom. The van der Waals surface area contributed by atoms with E-state index in [2.05, 4.69) is 17.2 Å². The number of nitrogens with two attached hydrogens (primary N) is 1. The van der Waals surface area contributed by atoms with E-state index in [0.29, 0.717) is 5.92 Å². The zero-order valence-corrected chi connectivity index (χ0v) is 8.03. The fraction of sp³-hybridized carbons (Fsp3) is 0.500. The summed E-state index contributed by atoms with van der Waals surface area (Å²) in [6, 6.07) is 5.85. The average molecular weight is 179 g/mol. The van der Waals surface area contributed by atoms with Crippen LogP contribution in [0.2, 0.25) is 0 Å². The summed E-state index contributed by atoms with van der Waals surface area (Å²) in [4.78, 5) is 4.16. The molecule has 1 aromatic rings. The van der Waals surface area contributed by atoms with E-state index in [1.807, 2.05) is 18.2 Å². The average Bonchev–Trinajstić information content (AvgIpc) is 2.19. The number of hydrogen-bond acceptors (Lipinski definition) is 3. The lowest BCUT2D eigenvalue weighted by atomic mass is 10.1. The summed E-state index contributed by atoms with van der Waals surface area (Å²) in [5.74, 6) is 1.52. The number of hydrogen-bond donors (Lipinski definition) is 2. The van der Waals surface area contributed by atoms with Crippen molar-refractivity contribution in [3.63, 3.8) is 0 Å². The summed E-state index contributed by atoms with van der Waals surface area (Å²) in [6.45, 7) is 3.85. The van der Waals surface area contributed by atoms with Gasteiger partial charge in [-0.05, 0) is 31.0 Å². The van der Waals surface area contributed by atoms with E-state index in [1.165, 1.54) is 0 Å². The van der Waals surface area contributed by atoms with Gasteiger partial charge in [-0.1, -0.05) is 13.0 Å². The van der Waals surface area contributed by atoms with Crippen LogP contribution in [0.4, 0.5) is 5.82 Å². The standard InChI is InChI=1S/C10H17N3/c1-9(8-11)5-7-13-10-4-2-3-6-12-10/h2-4,6,9H,5,7-8,11H2,1H3,(H,12,13). The molecule has 1 atom stereocenters. The lowest BCUT2D eigenvalue weighted by Gasteiger charge is -2.09. The number of nitrogens with zero attached hydrogens (tertiary/aromatic N) is 1. The van der Waals surface area contributed by atoms with Crippen LogP contribution in [0.15, 0.2) is 24.4 Å². The van der Waals surface area contributed by atoms with Crippen LogP contribution in [-0.4, -0.2) is 18.1 Å². The molecule has 3 N–H and O–H groups in total. The number of rotatable bonds is 5. The minimum Gasteiger partial charge on any atom is -0.370 e. The fourth-order valence-electron chi connectivity index (χ4n) is 1.03. The van der Waals surface area contributed by atoms with E-state index in [1.54, 1.807) is 6.20 Å². The monoisotopic (exact) mass is 179 g/mol. The van der Waals surface area contributed by atoms with Crippen molar-refractivity contribution >= 4 is 5.82 Å². The minimum atomic E-state index is 0.580. The first-order chi connectivity index (χ1) is 6.33. The summed E-state index contributed by atoms with van der Waals surface area (Å²) in [5, 5.41) is 3.24. The third-order valence-electron chi connectivity index (χ3n) is 2.01. The fourth-order valence-corrected chi connectivity index (χ4v) is 1.03. The Balaban J connectivity index is 2.20. The second-order valence-electron chi connectivity index (χ2n) is 3.27. The van der Waals surface area contributed by atoms with Gasteiger partial charge in [0.2, 0.25) is 0 Å². The summed E-state index contributed by atoms with van der Waals surface area (Å²) in [5.41, 5.74) is 5.51. The van der Waals surface area contributed by atoms with Gasteiger partial charge < -0.3 is 11.1 Å². The number of anilines is 1. The first-order valence-electron chi connectivity index (χ1n) is 4.68. The van der Waals surface area contributed by atoms with Gasteiger partial charge in [-0.15, -0.1) is 0 Å². The predicted molar refractivity (Wildman–Crippen MR) is 55.6 cm³/mol. The quantitative estimate of drug-likeness (QED) is 0.719. The molecule has 0 aliphatic heterocycles. The van der Waals surface area contributed by atoms with Crippen LogP contribution in [0.25, 0.3) is 0 Å². The van der Waals surface area contributed by atoms with Gasteiger partial charge in [0.1, 0.15) is 5.82 Å². The van der Waals surface area contributed by atoms with Crippen molar-refractivity contribution < 1.29 is 0 Å². The van der Waals surface area contributed by atoms with Gasteiger partial charge in [0, 0.05) is 12.7 Å². The molecule has 0 bridgehead atoms. The van der Waals surface area contributed by atoms with Crippen LogP contribution in [0.3, 0.4) is 0 Å². The van der Waals surface area contributed by atoms with E-state index >= 15 is 0 Å². The predicted octanol–water partition coefficient (Wildman–Crippen LogP) is 1.48. The van der Waals surface area contributed by atoms with Gasteiger partial charge in [0.15, 0.2) is 0 Å². The van der Waals surface area contributed by atoms with Crippen LogP contribution < -0.4 is 11.1 Å². The molecule has 13 heavy (non-hydrogen) atoms. The van der Waals surface area contributed by atoms with E-state index in [4.69, 9.17) is 5.73 Å². The van der Waals surface area contributed by atoms with Crippen LogP contribution in [0.1, 0.15) is 13.3 Å². The Bertz CT molecular complexity index is 223. The molecule has 0 fully saturated rings. The Labute approximate surface area is 79.4 Å². The van der Waals surface area contributed by atoms with Gasteiger partial charge in [-0.25, -0.2) is 4.98 Å². The van der Waals surface area contributed by atoms with E-state index in [0.717, 1.165) is 25.3 Å². The molecule has 0 aromatic carbocycles. The van der Waals surface area contributed by atoms with Gasteiger partial charge in [-0.2, -0.15) is 0 Å². The van der Waals surface area contributed by atoms with Crippen molar-refractivity contribution in [1.29, 1.82) is 0 Å². The highest BCUT2D eigenvalue weighted by Crippen LogP contribution is 2.02. The summed E-state index contributed by atoms with van der Waals surface area (Å²) < 4.78 is 0. The van der Waals surface area contributed by atoms with Gasteiger partial charge in [0.05, 0.1) is 0 Å². The summed E-state index contributed by atoms with van der Waals surface area (Å²) >= 11 is 0. The van der Waals surface area contributed by atoms with Crippen LogP contribution in [0.5, 0.6) is 0 Å². The Morgan fingerprint density at radius 1 is 1.54 bits per heavy atom. The van der Waals surface area contributed by atoms with Crippen molar-refractivity contribution in [2.45, 2.75) is 13.3 Å². The van der Waals surface area contributed by atoms with Crippen molar-refractivity contribution in [2.24, 2.45) is 11.7 Å². The highest BCUT2D eigenvalue weighted by Gasteiger charge is 1.97. The lowest BCUT2D eigenvalue weighted by molar-refractivity contribution is 0.561. The zero-order valence-electron chi connectivity index (χ0n) is 8.03. The van der Waals surface area contributed by atoms with Gasteiger partial charge >= 0.3 is 0 Å². The molecule has 1 rings (SSSR count).